The maximum absolute atomic E-state index is 12.6. The van der Waals surface area contributed by atoms with Crippen molar-refractivity contribution in [3.8, 4) is 0 Å². The summed E-state index contributed by atoms with van der Waals surface area (Å²) in [7, 11) is 0. The van der Waals surface area contributed by atoms with E-state index in [9.17, 15) is 4.79 Å². The average Bonchev–Trinajstić information content (AvgIpc) is 3.27. The number of hydrogen-bond donors (Lipinski definition) is 1. The standard InChI is InChI=1S/C20H24IN5O2/c21-16-5-3-15(4-6-16)20(27)26-11-9-25(10-12-26)19-8-7-18(23-24-19)22-14-17-2-1-13-28-17/h3-8,17H,1-2,9-14H2,(H,22,23). The Kier molecular flexibility index (Phi) is 6.26. The van der Waals surface area contributed by atoms with Crippen molar-refractivity contribution in [1.82, 2.24) is 15.1 Å². The first-order valence-electron chi connectivity index (χ1n) is 9.68. The molecule has 0 aliphatic carbocycles. The van der Waals surface area contributed by atoms with Crippen molar-refractivity contribution >= 4 is 40.1 Å². The smallest absolute Gasteiger partial charge is 0.253 e. The largest absolute Gasteiger partial charge is 0.376 e. The summed E-state index contributed by atoms with van der Waals surface area (Å²) in [5.74, 6) is 1.71. The monoisotopic (exact) mass is 493 g/mol. The van der Waals surface area contributed by atoms with Crippen LogP contribution in [0, 0.1) is 3.57 Å². The summed E-state index contributed by atoms with van der Waals surface area (Å²) < 4.78 is 6.74. The molecular formula is C20H24IN5O2. The summed E-state index contributed by atoms with van der Waals surface area (Å²) in [5, 5.41) is 11.9. The van der Waals surface area contributed by atoms with E-state index in [0.717, 1.165) is 59.9 Å². The fourth-order valence-corrected chi connectivity index (χ4v) is 3.89. The van der Waals surface area contributed by atoms with Crippen LogP contribution in [0.4, 0.5) is 11.6 Å². The highest BCUT2D eigenvalue weighted by Crippen LogP contribution is 2.17. The van der Waals surface area contributed by atoms with Crippen LogP contribution < -0.4 is 10.2 Å². The third-order valence-corrected chi connectivity index (χ3v) is 5.89. The van der Waals surface area contributed by atoms with E-state index in [1.807, 2.05) is 41.3 Å². The van der Waals surface area contributed by atoms with Gasteiger partial charge in [0.05, 0.1) is 6.10 Å². The fourth-order valence-electron chi connectivity index (χ4n) is 3.53. The van der Waals surface area contributed by atoms with Crippen molar-refractivity contribution in [3.63, 3.8) is 0 Å². The molecule has 1 N–H and O–H groups in total. The predicted molar refractivity (Wildman–Crippen MR) is 117 cm³/mol. The van der Waals surface area contributed by atoms with Gasteiger partial charge in [0.15, 0.2) is 5.82 Å². The Morgan fingerprint density at radius 3 is 2.54 bits per heavy atom. The van der Waals surface area contributed by atoms with Gasteiger partial charge in [-0.1, -0.05) is 0 Å². The summed E-state index contributed by atoms with van der Waals surface area (Å²) in [6.45, 7) is 4.51. The molecule has 1 aromatic carbocycles. The molecule has 1 unspecified atom stereocenters. The van der Waals surface area contributed by atoms with E-state index in [-0.39, 0.29) is 12.0 Å². The topological polar surface area (TPSA) is 70.6 Å². The molecule has 2 saturated heterocycles. The van der Waals surface area contributed by atoms with E-state index < -0.39 is 0 Å². The number of amides is 1. The van der Waals surface area contributed by atoms with Crippen molar-refractivity contribution in [3.05, 3.63) is 45.5 Å². The summed E-state index contributed by atoms with van der Waals surface area (Å²) >= 11 is 2.25. The number of piperazine rings is 1. The average molecular weight is 493 g/mol. The minimum atomic E-state index is 0.0933. The molecular weight excluding hydrogens is 469 g/mol. The first-order valence-corrected chi connectivity index (χ1v) is 10.8. The highest BCUT2D eigenvalue weighted by atomic mass is 127. The first-order chi connectivity index (χ1) is 13.7. The third kappa shape index (κ3) is 4.72. The second-order valence-electron chi connectivity index (χ2n) is 7.08. The number of halogens is 1. The third-order valence-electron chi connectivity index (χ3n) is 5.17. The lowest BCUT2D eigenvalue weighted by molar-refractivity contribution is 0.0746. The molecule has 7 nitrogen and oxygen atoms in total. The Labute approximate surface area is 178 Å². The van der Waals surface area contributed by atoms with Gasteiger partial charge in [-0.2, -0.15) is 0 Å². The first kappa shape index (κ1) is 19.4. The Balaban J connectivity index is 1.28. The molecule has 3 heterocycles. The lowest BCUT2D eigenvalue weighted by Gasteiger charge is -2.35. The summed E-state index contributed by atoms with van der Waals surface area (Å²) in [6, 6.07) is 11.7. The van der Waals surface area contributed by atoms with Crippen molar-refractivity contribution < 1.29 is 9.53 Å². The molecule has 0 bridgehead atoms. The Morgan fingerprint density at radius 1 is 1.11 bits per heavy atom. The molecule has 1 atom stereocenters. The van der Waals surface area contributed by atoms with Crippen LogP contribution in [0.1, 0.15) is 23.2 Å². The quantitative estimate of drug-likeness (QED) is 0.647. The lowest BCUT2D eigenvalue weighted by Crippen LogP contribution is -2.49. The minimum absolute atomic E-state index is 0.0933. The van der Waals surface area contributed by atoms with Crippen molar-refractivity contribution in [2.24, 2.45) is 0 Å². The zero-order chi connectivity index (χ0) is 19.3. The molecule has 0 radical (unpaired) electrons. The van der Waals surface area contributed by atoms with Crippen LogP contribution in [0.15, 0.2) is 36.4 Å². The molecule has 28 heavy (non-hydrogen) atoms. The van der Waals surface area contributed by atoms with Crippen LogP contribution in [0.25, 0.3) is 0 Å². The van der Waals surface area contributed by atoms with Gasteiger partial charge in [0.25, 0.3) is 5.91 Å². The van der Waals surface area contributed by atoms with Gasteiger partial charge in [-0.3, -0.25) is 4.79 Å². The number of benzene rings is 1. The second-order valence-corrected chi connectivity index (χ2v) is 8.32. The zero-order valence-electron chi connectivity index (χ0n) is 15.7. The number of hydrogen-bond acceptors (Lipinski definition) is 6. The summed E-state index contributed by atoms with van der Waals surface area (Å²) in [5.41, 5.74) is 0.746. The number of nitrogens with one attached hydrogen (secondary N) is 1. The molecule has 1 aromatic heterocycles. The van der Waals surface area contributed by atoms with Crippen LogP contribution in [0.2, 0.25) is 0 Å². The molecule has 148 valence electrons. The normalized spacial score (nSPS) is 19.7. The number of nitrogens with zero attached hydrogens (tertiary/aromatic N) is 4. The lowest BCUT2D eigenvalue weighted by atomic mass is 10.2. The highest BCUT2D eigenvalue weighted by Gasteiger charge is 2.23. The van der Waals surface area contributed by atoms with Crippen molar-refractivity contribution in [1.29, 1.82) is 0 Å². The molecule has 0 saturated carbocycles. The Bertz CT molecular complexity index is 785. The van der Waals surface area contributed by atoms with Crippen LogP contribution >= 0.6 is 22.6 Å². The molecule has 8 heteroatoms. The molecule has 1 amide bonds. The summed E-state index contributed by atoms with van der Waals surface area (Å²) in [4.78, 5) is 16.7. The van der Waals surface area contributed by atoms with E-state index in [1.54, 1.807) is 0 Å². The molecule has 2 aliphatic rings. The van der Waals surface area contributed by atoms with Gasteiger partial charge in [0, 0.05) is 48.5 Å². The molecule has 4 rings (SSSR count). The van der Waals surface area contributed by atoms with Crippen LogP contribution in [-0.2, 0) is 4.74 Å². The minimum Gasteiger partial charge on any atom is -0.376 e. The molecule has 0 spiro atoms. The van der Waals surface area contributed by atoms with Crippen LogP contribution in [0.5, 0.6) is 0 Å². The predicted octanol–water partition coefficient (Wildman–Crippen LogP) is 2.63. The molecule has 2 aromatic rings. The maximum Gasteiger partial charge on any atom is 0.253 e. The molecule has 2 aliphatic heterocycles. The van der Waals surface area contributed by atoms with Crippen molar-refractivity contribution in [2.75, 3.05) is 49.5 Å². The van der Waals surface area contributed by atoms with Gasteiger partial charge in [-0.05, 0) is 71.8 Å². The number of anilines is 2. The number of rotatable bonds is 5. The van der Waals surface area contributed by atoms with E-state index in [4.69, 9.17) is 4.74 Å². The Morgan fingerprint density at radius 2 is 1.89 bits per heavy atom. The van der Waals surface area contributed by atoms with Crippen molar-refractivity contribution in [2.45, 2.75) is 18.9 Å². The number of carbonyl (C=O) groups excluding carboxylic acids is 1. The van der Waals surface area contributed by atoms with Gasteiger partial charge < -0.3 is 19.9 Å². The van der Waals surface area contributed by atoms with E-state index in [2.05, 4.69) is 43.0 Å². The number of aromatic nitrogens is 2. The number of ether oxygens (including phenoxy) is 1. The maximum atomic E-state index is 12.6. The highest BCUT2D eigenvalue weighted by molar-refractivity contribution is 14.1. The second kappa shape index (κ2) is 9.04. The van der Waals surface area contributed by atoms with E-state index in [1.165, 1.54) is 0 Å². The van der Waals surface area contributed by atoms with E-state index in [0.29, 0.717) is 13.1 Å². The fraction of sp³-hybridized carbons (Fsp3) is 0.450. The van der Waals surface area contributed by atoms with Gasteiger partial charge >= 0.3 is 0 Å². The SMILES string of the molecule is O=C(c1ccc(I)cc1)N1CCN(c2ccc(NCC3CCCO3)nn2)CC1. The van der Waals surface area contributed by atoms with Crippen LogP contribution in [0.3, 0.4) is 0 Å². The molecule has 2 fully saturated rings. The van der Waals surface area contributed by atoms with E-state index >= 15 is 0 Å². The summed E-state index contributed by atoms with van der Waals surface area (Å²) in [6.07, 6.45) is 2.51. The Hall–Kier alpha value is -1.94. The van der Waals surface area contributed by atoms with Gasteiger partial charge in [0.2, 0.25) is 0 Å². The zero-order valence-corrected chi connectivity index (χ0v) is 17.8. The van der Waals surface area contributed by atoms with Gasteiger partial charge in [0.1, 0.15) is 5.82 Å². The van der Waals surface area contributed by atoms with Crippen LogP contribution in [-0.4, -0.2) is 66.4 Å². The van der Waals surface area contributed by atoms with Gasteiger partial charge in [-0.15, -0.1) is 10.2 Å². The number of carbonyl (C=O) groups is 1. The van der Waals surface area contributed by atoms with Gasteiger partial charge in [-0.25, -0.2) is 0 Å².